The largest absolute Gasteiger partial charge is 0.397 e. The number of rotatable bonds is 3. The van der Waals surface area contributed by atoms with E-state index in [1.165, 1.54) is 12.1 Å². The maximum atomic E-state index is 13.6. The molecule has 100 valence electrons. The highest BCUT2D eigenvalue weighted by atomic mass is 32.2. The second-order valence-corrected chi connectivity index (χ2v) is 7.04. The Bertz CT molecular complexity index is 714. The third-order valence-corrected chi connectivity index (χ3v) is 4.76. The summed E-state index contributed by atoms with van der Waals surface area (Å²) < 4.78 is 36.7. The van der Waals surface area contributed by atoms with Crippen LogP contribution in [0.3, 0.4) is 0 Å². The highest BCUT2D eigenvalue weighted by Gasteiger charge is 2.15. The molecule has 0 bridgehead atoms. The van der Waals surface area contributed by atoms with Gasteiger partial charge in [-0.2, -0.15) is 0 Å². The lowest BCUT2D eigenvalue weighted by molar-refractivity contribution is 0.602. The molecule has 0 unspecified atom stereocenters. The first kappa shape index (κ1) is 13.9. The van der Waals surface area contributed by atoms with Gasteiger partial charge in [0.05, 0.1) is 10.6 Å². The van der Waals surface area contributed by atoms with Crippen LogP contribution in [-0.2, 0) is 9.84 Å². The van der Waals surface area contributed by atoms with Crippen LogP contribution < -0.4 is 5.73 Å². The Morgan fingerprint density at radius 1 is 1.05 bits per heavy atom. The first-order valence-electron chi connectivity index (χ1n) is 5.40. The molecule has 0 aromatic heterocycles. The molecule has 2 rings (SSSR count). The van der Waals surface area contributed by atoms with E-state index < -0.39 is 9.84 Å². The van der Waals surface area contributed by atoms with Crippen molar-refractivity contribution >= 4 is 27.3 Å². The van der Waals surface area contributed by atoms with Gasteiger partial charge < -0.3 is 5.73 Å². The van der Waals surface area contributed by atoms with E-state index in [9.17, 15) is 12.8 Å². The third kappa shape index (κ3) is 3.08. The molecule has 0 aliphatic carbocycles. The van der Waals surface area contributed by atoms with E-state index in [2.05, 4.69) is 0 Å². The fraction of sp³-hybridized carbons (Fsp3) is 0.0769. The minimum Gasteiger partial charge on any atom is -0.397 e. The zero-order chi connectivity index (χ0) is 14.0. The number of hydrogen-bond acceptors (Lipinski definition) is 4. The zero-order valence-electron chi connectivity index (χ0n) is 10.1. The Morgan fingerprint density at radius 3 is 2.32 bits per heavy atom. The Labute approximate surface area is 115 Å². The molecule has 0 spiro atoms. The van der Waals surface area contributed by atoms with E-state index in [-0.39, 0.29) is 16.4 Å². The highest BCUT2D eigenvalue weighted by molar-refractivity contribution is 7.99. The van der Waals surface area contributed by atoms with Gasteiger partial charge >= 0.3 is 0 Å². The second kappa shape index (κ2) is 5.22. The quantitative estimate of drug-likeness (QED) is 0.885. The van der Waals surface area contributed by atoms with Crippen LogP contribution in [0.25, 0.3) is 0 Å². The summed E-state index contributed by atoms with van der Waals surface area (Å²) in [6, 6.07) is 11.0. The van der Waals surface area contributed by atoms with Crippen molar-refractivity contribution in [3.05, 3.63) is 48.3 Å². The predicted molar refractivity (Wildman–Crippen MR) is 74.5 cm³/mol. The van der Waals surface area contributed by atoms with Crippen molar-refractivity contribution in [3.8, 4) is 0 Å². The molecule has 0 amide bonds. The number of hydrogen-bond donors (Lipinski definition) is 1. The Balaban J connectivity index is 2.46. The number of nitrogen functional groups attached to an aromatic ring is 1. The second-order valence-electron chi connectivity index (χ2n) is 3.97. The number of anilines is 1. The number of nitrogens with two attached hydrogens (primary N) is 1. The Hall–Kier alpha value is -1.53. The molecule has 0 aliphatic heterocycles. The van der Waals surface area contributed by atoms with Crippen LogP contribution in [0, 0.1) is 5.82 Å². The van der Waals surface area contributed by atoms with Gasteiger partial charge in [0, 0.05) is 16.0 Å². The van der Waals surface area contributed by atoms with Gasteiger partial charge in [-0.25, -0.2) is 12.8 Å². The van der Waals surface area contributed by atoms with Gasteiger partial charge in [-0.1, -0.05) is 30.0 Å². The molecule has 0 heterocycles. The predicted octanol–water partition coefficient (Wildman–Crippen LogP) is 2.96. The van der Waals surface area contributed by atoms with Crippen molar-refractivity contribution in [3.63, 3.8) is 0 Å². The van der Waals surface area contributed by atoms with Crippen molar-refractivity contribution in [2.24, 2.45) is 0 Å². The normalized spacial score (nSPS) is 11.5. The zero-order valence-corrected chi connectivity index (χ0v) is 11.8. The molecular weight excluding hydrogens is 285 g/mol. The van der Waals surface area contributed by atoms with Crippen LogP contribution in [0.5, 0.6) is 0 Å². The maximum Gasteiger partial charge on any atom is 0.177 e. The lowest BCUT2D eigenvalue weighted by atomic mass is 10.3. The molecule has 0 atom stereocenters. The monoisotopic (exact) mass is 297 g/mol. The number of sulfone groups is 1. The van der Waals surface area contributed by atoms with E-state index in [1.54, 1.807) is 30.3 Å². The average molecular weight is 297 g/mol. The van der Waals surface area contributed by atoms with Crippen molar-refractivity contribution < 1.29 is 12.8 Å². The molecule has 2 N–H and O–H groups in total. The summed E-state index contributed by atoms with van der Waals surface area (Å²) in [5.74, 6) is -0.364. The Kier molecular flexibility index (Phi) is 3.82. The Morgan fingerprint density at radius 2 is 1.68 bits per heavy atom. The SMILES string of the molecule is CS(=O)(=O)c1cccc(Sc2ccccc2F)c1N. The van der Waals surface area contributed by atoms with Crippen molar-refractivity contribution in [2.45, 2.75) is 14.7 Å². The van der Waals surface area contributed by atoms with Crippen LogP contribution in [0.15, 0.2) is 57.2 Å². The highest BCUT2D eigenvalue weighted by Crippen LogP contribution is 2.36. The molecule has 0 saturated carbocycles. The van der Waals surface area contributed by atoms with Gasteiger partial charge in [0.25, 0.3) is 0 Å². The molecule has 2 aromatic carbocycles. The maximum absolute atomic E-state index is 13.6. The molecule has 0 fully saturated rings. The van der Waals surface area contributed by atoms with Crippen molar-refractivity contribution in [1.82, 2.24) is 0 Å². The van der Waals surface area contributed by atoms with Gasteiger partial charge in [-0.3, -0.25) is 0 Å². The first-order chi connectivity index (χ1) is 8.89. The smallest absolute Gasteiger partial charge is 0.177 e. The van der Waals surface area contributed by atoms with Gasteiger partial charge in [0.2, 0.25) is 0 Å². The van der Waals surface area contributed by atoms with Crippen LogP contribution in [0.2, 0.25) is 0 Å². The molecule has 0 aliphatic rings. The van der Waals surface area contributed by atoms with Crippen LogP contribution in [-0.4, -0.2) is 14.7 Å². The summed E-state index contributed by atoms with van der Waals surface area (Å²) in [6.07, 6.45) is 1.09. The molecule has 19 heavy (non-hydrogen) atoms. The molecule has 0 saturated heterocycles. The summed E-state index contributed by atoms with van der Waals surface area (Å²) in [5.41, 5.74) is 6.00. The van der Waals surface area contributed by atoms with Crippen LogP contribution in [0.1, 0.15) is 0 Å². The van der Waals surface area contributed by atoms with E-state index in [1.807, 2.05) is 0 Å². The summed E-state index contributed by atoms with van der Waals surface area (Å²) in [6.45, 7) is 0. The lowest BCUT2D eigenvalue weighted by Gasteiger charge is -2.09. The van der Waals surface area contributed by atoms with Gasteiger partial charge in [0.1, 0.15) is 5.82 Å². The summed E-state index contributed by atoms with van der Waals surface area (Å²) >= 11 is 1.11. The van der Waals surface area contributed by atoms with E-state index >= 15 is 0 Å². The number of para-hydroxylation sites is 1. The van der Waals surface area contributed by atoms with E-state index in [0.717, 1.165) is 18.0 Å². The van der Waals surface area contributed by atoms with Gasteiger partial charge in [-0.15, -0.1) is 0 Å². The summed E-state index contributed by atoms with van der Waals surface area (Å²) in [5, 5.41) is 0. The topological polar surface area (TPSA) is 60.2 Å². The summed E-state index contributed by atoms with van der Waals surface area (Å²) in [7, 11) is -3.39. The fourth-order valence-electron chi connectivity index (χ4n) is 1.58. The third-order valence-electron chi connectivity index (χ3n) is 2.48. The minimum atomic E-state index is -3.39. The lowest BCUT2D eigenvalue weighted by Crippen LogP contribution is -2.03. The average Bonchev–Trinajstić information content (AvgIpc) is 2.33. The first-order valence-corrected chi connectivity index (χ1v) is 8.11. The standard InChI is InChI=1S/C13H12FNO2S2/c1-19(16,17)12-8-4-7-11(13(12)15)18-10-6-3-2-5-9(10)14/h2-8H,15H2,1H3. The minimum absolute atomic E-state index is 0.0637. The van der Waals surface area contributed by atoms with E-state index in [0.29, 0.717) is 9.79 Å². The van der Waals surface area contributed by atoms with Crippen LogP contribution in [0.4, 0.5) is 10.1 Å². The number of benzene rings is 2. The molecule has 0 radical (unpaired) electrons. The molecule has 3 nitrogen and oxygen atoms in total. The molecule has 6 heteroatoms. The summed E-state index contributed by atoms with van der Waals surface area (Å²) in [4.78, 5) is 0.988. The van der Waals surface area contributed by atoms with Gasteiger partial charge in [-0.05, 0) is 24.3 Å². The fourth-order valence-corrected chi connectivity index (χ4v) is 3.40. The van der Waals surface area contributed by atoms with Crippen molar-refractivity contribution in [1.29, 1.82) is 0 Å². The van der Waals surface area contributed by atoms with Crippen LogP contribution >= 0.6 is 11.8 Å². The van der Waals surface area contributed by atoms with Gasteiger partial charge in [0.15, 0.2) is 9.84 Å². The molecule has 2 aromatic rings. The van der Waals surface area contributed by atoms with E-state index in [4.69, 9.17) is 5.73 Å². The molecular formula is C13H12FNO2S2. The number of halogens is 1. The van der Waals surface area contributed by atoms with Crippen molar-refractivity contribution in [2.75, 3.05) is 12.0 Å².